The summed E-state index contributed by atoms with van der Waals surface area (Å²) < 4.78 is 18.2. The van der Waals surface area contributed by atoms with Gasteiger partial charge in [0.1, 0.15) is 0 Å². The summed E-state index contributed by atoms with van der Waals surface area (Å²) in [5.41, 5.74) is 5.21. The summed E-state index contributed by atoms with van der Waals surface area (Å²) in [5, 5.41) is 8.39. The molecule has 1 amide bonds. The molecule has 1 rings (SSSR count). The zero-order valence-electron chi connectivity index (χ0n) is 8.72. The monoisotopic (exact) mass is 239 g/mol. The lowest BCUT2D eigenvalue weighted by atomic mass is 10.2. The summed E-state index contributed by atoms with van der Waals surface area (Å²) in [5.74, 6) is -2.64. The van der Waals surface area contributed by atoms with Crippen LogP contribution < -0.4 is 10.5 Å². The lowest BCUT2D eigenvalue weighted by Gasteiger charge is -2.05. The molecule has 0 saturated carbocycles. The van der Waals surface area contributed by atoms with E-state index in [2.05, 4.69) is 0 Å². The quantitative estimate of drug-likeness (QED) is 0.743. The first-order chi connectivity index (χ1) is 7.99. The van der Waals surface area contributed by atoms with Crippen LogP contribution in [0.3, 0.4) is 0 Å². The van der Waals surface area contributed by atoms with E-state index in [1.165, 1.54) is 18.2 Å². The first-order valence-electron chi connectivity index (χ1n) is 4.60. The van der Waals surface area contributed by atoms with Gasteiger partial charge < -0.3 is 15.6 Å². The Morgan fingerprint density at radius 1 is 1.47 bits per heavy atom. The molecule has 0 aliphatic heterocycles. The van der Waals surface area contributed by atoms with Crippen molar-refractivity contribution in [3.05, 3.63) is 35.7 Å². The molecule has 17 heavy (non-hydrogen) atoms. The number of rotatable bonds is 5. The summed E-state index contributed by atoms with van der Waals surface area (Å²) >= 11 is 0. The fourth-order valence-electron chi connectivity index (χ4n) is 1.05. The van der Waals surface area contributed by atoms with Gasteiger partial charge in [-0.05, 0) is 23.8 Å². The molecule has 0 fully saturated rings. The SMILES string of the molecule is NC(=O)COc1ccc(/C=C/C(=O)O)cc1F. The number of carbonyl (C=O) groups is 2. The molecule has 0 heterocycles. The topological polar surface area (TPSA) is 89.6 Å². The number of benzene rings is 1. The number of amides is 1. The van der Waals surface area contributed by atoms with E-state index in [1.807, 2.05) is 0 Å². The molecule has 6 heteroatoms. The summed E-state index contributed by atoms with van der Waals surface area (Å²) in [6.45, 7) is -0.415. The molecule has 1 aromatic rings. The van der Waals surface area contributed by atoms with Crippen molar-refractivity contribution >= 4 is 18.0 Å². The second-order valence-electron chi connectivity index (χ2n) is 3.12. The van der Waals surface area contributed by atoms with Crippen molar-refractivity contribution in [1.29, 1.82) is 0 Å². The van der Waals surface area contributed by atoms with Crippen LogP contribution >= 0.6 is 0 Å². The number of carboxylic acid groups (broad SMARTS) is 1. The smallest absolute Gasteiger partial charge is 0.328 e. The number of halogens is 1. The first-order valence-corrected chi connectivity index (χ1v) is 4.60. The highest BCUT2D eigenvalue weighted by atomic mass is 19.1. The van der Waals surface area contributed by atoms with E-state index in [0.29, 0.717) is 5.56 Å². The van der Waals surface area contributed by atoms with Gasteiger partial charge in [-0.2, -0.15) is 0 Å². The van der Waals surface area contributed by atoms with Gasteiger partial charge in [-0.1, -0.05) is 6.07 Å². The van der Waals surface area contributed by atoms with Crippen LogP contribution in [0.2, 0.25) is 0 Å². The number of ether oxygens (including phenoxy) is 1. The molecule has 0 bridgehead atoms. The lowest BCUT2D eigenvalue weighted by Crippen LogP contribution is -2.20. The predicted molar refractivity (Wildman–Crippen MR) is 57.8 cm³/mol. The van der Waals surface area contributed by atoms with E-state index >= 15 is 0 Å². The fourth-order valence-corrected chi connectivity index (χ4v) is 1.05. The van der Waals surface area contributed by atoms with Crippen molar-refractivity contribution in [3.8, 4) is 5.75 Å². The maximum Gasteiger partial charge on any atom is 0.328 e. The summed E-state index contributed by atoms with van der Waals surface area (Å²) in [7, 11) is 0. The molecule has 5 nitrogen and oxygen atoms in total. The molecular weight excluding hydrogens is 229 g/mol. The molecule has 90 valence electrons. The van der Waals surface area contributed by atoms with Crippen LogP contribution in [0.1, 0.15) is 5.56 Å². The number of hydrogen-bond donors (Lipinski definition) is 2. The third-order valence-electron chi connectivity index (χ3n) is 1.74. The maximum absolute atomic E-state index is 13.4. The van der Waals surface area contributed by atoms with Crippen LogP contribution in [0.25, 0.3) is 6.08 Å². The van der Waals surface area contributed by atoms with E-state index < -0.39 is 24.3 Å². The van der Waals surface area contributed by atoms with Gasteiger partial charge in [0.2, 0.25) is 0 Å². The van der Waals surface area contributed by atoms with E-state index in [9.17, 15) is 14.0 Å². The minimum Gasteiger partial charge on any atom is -0.481 e. The van der Waals surface area contributed by atoms with Crippen molar-refractivity contribution in [2.24, 2.45) is 5.73 Å². The number of carboxylic acids is 1. The average Bonchev–Trinajstić information content (AvgIpc) is 2.24. The number of aliphatic carboxylic acids is 1. The second-order valence-corrected chi connectivity index (χ2v) is 3.12. The van der Waals surface area contributed by atoms with Gasteiger partial charge in [-0.25, -0.2) is 9.18 Å². The van der Waals surface area contributed by atoms with Gasteiger partial charge in [-0.15, -0.1) is 0 Å². The molecule has 0 aliphatic carbocycles. The summed E-state index contributed by atoms with van der Waals surface area (Å²) in [4.78, 5) is 20.7. The molecule has 0 aliphatic rings. The molecule has 0 spiro atoms. The number of primary amides is 1. The average molecular weight is 239 g/mol. The normalized spacial score (nSPS) is 10.4. The molecule has 3 N–H and O–H groups in total. The van der Waals surface area contributed by atoms with Crippen LogP contribution in [0.15, 0.2) is 24.3 Å². The van der Waals surface area contributed by atoms with Crippen LogP contribution in [-0.2, 0) is 9.59 Å². The molecule has 0 saturated heterocycles. The Morgan fingerprint density at radius 2 is 2.18 bits per heavy atom. The van der Waals surface area contributed by atoms with E-state index in [4.69, 9.17) is 15.6 Å². The fraction of sp³-hybridized carbons (Fsp3) is 0.0909. The first kappa shape index (κ1) is 12.7. The minimum atomic E-state index is -1.13. The highest BCUT2D eigenvalue weighted by molar-refractivity contribution is 5.85. The number of nitrogens with two attached hydrogens (primary N) is 1. The third kappa shape index (κ3) is 4.33. The predicted octanol–water partition coefficient (Wildman–Crippen LogP) is 0.788. The molecule has 0 unspecified atom stereocenters. The second kappa shape index (κ2) is 5.64. The van der Waals surface area contributed by atoms with E-state index in [0.717, 1.165) is 12.1 Å². The van der Waals surface area contributed by atoms with Gasteiger partial charge in [0.25, 0.3) is 5.91 Å². The Labute approximate surface area is 96.3 Å². The van der Waals surface area contributed by atoms with Crippen LogP contribution in [0.5, 0.6) is 5.75 Å². The third-order valence-corrected chi connectivity index (χ3v) is 1.74. The Hall–Kier alpha value is -2.37. The van der Waals surface area contributed by atoms with Crippen LogP contribution in [-0.4, -0.2) is 23.6 Å². The van der Waals surface area contributed by atoms with Crippen molar-refractivity contribution < 1.29 is 23.8 Å². The van der Waals surface area contributed by atoms with Gasteiger partial charge >= 0.3 is 5.97 Å². The van der Waals surface area contributed by atoms with Gasteiger partial charge in [0.05, 0.1) is 0 Å². The van der Waals surface area contributed by atoms with E-state index in [1.54, 1.807) is 0 Å². The Morgan fingerprint density at radius 3 is 2.71 bits per heavy atom. The standard InChI is InChI=1S/C11H10FNO4/c12-8-5-7(2-4-11(15)16)1-3-9(8)17-6-10(13)14/h1-5H,6H2,(H2,13,14)(H,15,16)/b4-2+. The minimum absolute atomic E-state index is 0.115. The zero-order valence-corrected chi connectivity index (χ0v) is 8.72. The van der Waals surface area contributed by atoms with Crippen LogP contribution in [0.4, 0.5) is 4.39 Å². The highest BCUT2D eigenvalue weighted by Crippen LogP contribution is 2.18. The number of hydrogen-bond acceptors (Lipinski definition) is 3. The maximum atomic E-state index is 13.4. The molecule has 0 aromatic heterocycles. The zero-order chi connectivity index (χ0) is 12.8. The Kier molecular flexibility index (Phi) is 4.21. The van der Waals surface area contributed by atoms with Gasteiger partial charge in [-0.3, -0.25) is 4.79 Å². The van der Waals surface area contributed by atoms with Crippen molar-refractivity contribution in [2.45, 2.75) is 0 Å². The largest absolute Gasteiger partial charge is 0.481 e. The van der Waals surface area contributed by atoms with Gasteiger partial charge in [0.15, 0.2) is 18.2 Å². The summed E-state index contributed by atoms with van der Waals surface area (Å²) in [6, 6.07) is 3.84. The number of carbonyl (C=O) groups excluding carboxylic acids is 1. The lowest BCUT2D eigenvalue weighted by molar-refractivity contribution is -0.131. The molecular formula is C11H10FNO4. The molecule has 0 radical (unpaired) electrons. The van der Waals surface area contributed by atoms with Gasteiger partial charge in [0, 0.05) is 6.08 Å². The van der Waals surface area contributed by atoms with Crippen molar-refractivity contribution in [1.82, 2.24) is 0 Å². The molecule has 0 atom stereocenters. The van der Waals surface area contributed by atoms with Crippen LogP contribution in [0, 0.1) is 5.82 Å². The summed E-state index contributed by atoms with van der Waals surface area (Å²) in [6.07, 6.45) is 2.13. The Balaban J connectivity index is 2.79. The van der Waals surface area contributed by atoms with E-state index in [-0.39, 0.29) is 5.75 Å². The Bertz CT molecular complexity index is 471. The molecule has 1 aromatic carbocycles. The highest BCUT2D eigenvalue weighted by Gasteiger charge is 2.05. The van der Waals surface area contributed by atoms with Crippen molar-refractivity contribution in [3.63, 3.8) is 0 Å². The van der Waals surface area contributed by atoms with Crippen molar-refractivity contribution in [2.75, 3.05) is 6.61 Å².